The molecule has 0 aromatic heterocycles. The average Bonchev–Trinajstić information content (AvgIpc) is 2.68. The Balaban J connectivity index is 2.20. The van der Waals surface area contributed by atoms with Gasteiger partial charge in [-0.2, -0.15) is 0 Å². The number of rotatable bonds is 5. The largest absolute Gasteiger partial charge is 0.343 e. The molecule has 1 fully saturated rings. The van der Waals surface area contributed by atoms with Crippen molar-refractivity contribution < 1.29 is 4.79 Å². The van der Waals surface area contributed by atoms with Crippen molar-refractivity contribution in [3.63, 3.8) is 0 Å². The van der Waals surface area contributed by atoms with Gasteiger partial charge in [-0.05, 0) is 12.8 Å². The van der Waals surface area contributed by atoms with Gasteiger partial charge in [-0.25, -0.2) is 0 Å². The Labute approximate surface area is 93.2 Å². The smallest absolute Gasteiger partial charge is 0.223 e. The first-order valence-corrected chi connectivity index (χ1v) is 6.10. The summed E-state index contributed by atoms with van der Waals surface area (Å²) in [6.07, 6.45) is 5.59. The van der Waals surface area contributed by atoms with E-state index in [1.165, 1.54) is 25.7 Å². The van der Waals surface area contributed by atoms with Crippen LogP contribution >= 0.6 is 0 Å². The maximum atomic E-state index is 11.8. The molecule has 0 aromatic rings. The predicted molar refractivity (Wildman–Crippen MR) is 62.8 cm³/mol. The van der Waals surface area contributed by atoms with E-state index in [0.717, 1.165) is 6.54 Å². The quantitative estimate of drug-likeness (QED) is 0.753. The Hall–Kier alpha value is -0.570. The summed E-state index contributed by atoms with van der Waals surface area (Å²) >= 11 is 0. The van der Waals surface area contributed by atoms with E-state index in [4.69, 9.17) is 0 Å². The molecule has 0 unspecified atom stereocenters. The number of nitrogens with one attached hydrogen (secondary N) is 1. The zero-order chi connectivity index (χ0) is 11.3. The zero-order valence-corrected chi connectivity index (χ0v) is 10.3. The molecule has 0 heterocycles. The monoisotopic (exact) mass is 212 g/mol. The summed E-state index contributed by atoms with van der Waals surface area (Å²) in [5, 5.41) is 3.27. The molecule has 88 valence electrons. The van der Waals surface area contributed by atoms with Crippen LogP contribution in [0, 0.1) is 0 Å². The minimum atomic E-state index is 0.287. The van der Waals surface area contributed by atoms with E-state index in [-0.39, 0.29) is 5.91 Å². The average molecular weight is 212 g/mol. The van der Waals surface area contributed by atoms with Gasteiger partial charge < -0.3 is 10.2 Å². The van der Waals surface area contributed by atoms with E-state index in [9.17, 15) is 4.79 Å². The Bertz CT molecular complexity index is 198. The lowest BCUT2D eigenvalue weighted by Gasteiger charge is -2.24. The van der Waals surface area contributed by atoms with Crippen LogP contribution in [0.25, 0.3) is 0 Å². The second-order valence-corrected chi connectivity index (χ2v) is 4.80. The molecule has 0 aliphatic heterocycles. The van der Waals surface area contributed by atoms with Crippen molar-refractivity contribution >= 4 is 5.91 Å². The van der Waals surface area contributed by atoms with E-state index in [1.54, 1.807) is 0 Å². The molecule has 0 spiro atoms. The molecule has 0 atom stereocenters. The molecule has 1 rings (SSSR count). The van der Waals surface area contributed by atoms with Gasteiger partial charge in [0.05, 0.1) is 0 Å². The van der Waals surface area contributed by atoms with Gasteiger partial charge in [-0.3, -0.25) is 4.79 Å². The Morgan fingerprint density at radius 1 is 1.40 bits per heavy atom. The number of carbonyl (C=O) groups excluding carboxylic acids is 1. The summed E-state index contributed by atoms with van der Waals surface area (Å²) in [4.78, 5) is 13.8. The topological polar surface area (TPSA) is 32.3 Å². The predicted octanol–water partition coefficient (Wildman–Crippen LogP) is 1.78. The highest BCUT2D eigenvalue weighted by molar-refractivity contribution is 5.76. The summed E-state index contributed by atoms with van der Waals surface area (Å²) < 4.78 is 0. The highest BCUT2D eigenvalue weighted by Gasteiger charge is 2.22. The number of carbonyl (C=O) groups is 1. The van der Waals surface area contributed by atoms with Gasteiger partial charge >= 0.3 is 0 Å². The van der Waals surface area contributed by atoms with Crippen LogP contribution in [0.4, 0.5) is 0 Å². The van der Waals surface area contributed by atoms with Crippen LogP contribution in [0.5, 0.6) is 0 Å². The van der Waals surface area contributed by atoms with E-state index in [2.05, 4.69) is 19.2 Å². The third-order valence-corrected chi connectivity index (χ3v) is 3.16. The van der Waals surface area contributed by atoms with Crippen molar-refractivity contribution in [1.82, 2.24) is 10.2 Å². The Kier molecular flexibility index (Phi) is 5.09. The third kappa shape index (κ3) is 4.20. The maximum Gasteiger partial charge on any atom is 0.223 e. The molecule has 0 aromatic carbocycles. The normalized spacial score (nSPS) is 17.3. The summed E-state index contributed by atoms with van der Waals surface area (Å²) in [5.41, 5.74) is 0. The molecule has 1 aliphatic rings. The van der Waals surface area contributed by atoms with Crippen molar-refractivity contribution in [3.8, 4) is 0 Å². The van der Waals surface area contributed by atoms with Crippen molar-refractivity contribution in [2.75, 3.05) is 13.6 Å². The molecule has 3 heteroatoms. The van der Waals surface area contributed by atoms with Crippen LogP contribution < -0.4 is 5.32 Å². The van der Waals surface area contributed by atoms with Crippen LogP contribution in [0.3, 0.4) is 0 Å². The molecule has 0 radical (unpaired) electrons. The van der Waals surface area contributed by atoms with Gasteiger partial charge in [0.1, 0.15) is 0 Å². The van der Waals surface area contributed by atoms with Crippen molar-refractivity contribution in [3.05, 3.63) is 0 Å². The van der Waals surface area contributed by atoms with Crippen molar-refractivity contribution in [2.24, 2.45) is 0 Å². The van der Waals surface area contributed by atoms with Crippen LogP contribution in [0.15, 0.2) is 0 Å². The summed E-state index contributed by atoms with van der Waals surface area (Å²) in [7, 11) is 1.95. The summed E-state index contributed by atoms with van der Waals surface area (Å²) in [5.74, 6) is 0.287. The van der Waals surface area contributed by atoms with E-state index in [0.29, 0.717) is 18.5 Å². The van der Waals surface area contributed by atoms with Gasteiger partial charge in [0, 0.05) is 32.1 Å². The third-order valence-electron chi connectivity index (χ3n) is 3.16. The SMILES string of the molecule is CC(C)NCCC(=O)N(C)C1CCCC1. The maximum absolute atomic E-state index is 11.8. The Morgan fingerprint density at radius 2 is 2.00 bits per heavy atom. The fourth-order valence-corrected chi connectivity index (χ4v) is 2.14. The first-order valence-electron chi connectivity index (χ1n) is 6.10. The molecule has 0 bridgehead atoms. The number of nitrogens with zero attached hydrogens (tertiary/aromatic N) is 1. The standard InChI is InChI=1S/C12H24N2O/c1-10(2)13-9-8-12(15)14(3)11-6-4-5-7-11/h10-11,13H,4-9H2,1-3H3. The van der Waals surface area contributed by atoms with Crippen LogP contribution in [0.2, 0.25) is 0 Å². The fourth-order valence-electron chi connectivity index (χ4n) is 2.14. The van der Waals surface area contributed by atoms with Gasteiger partial charge in [-0.15, -0.1) is 0 Å². The van der Waals surface area contributed by atoms with Crippen molar-refractivity contribution in [1.29, 1.82) is 0 Å². The molecule has 3 nitrogen and oxygen atoms in total. The molecule has 0 saturated heterocycles. The van der Waals surface area contributed by atoms with Crippen LogP contribution in [-0.4, -0.2) is 36.5 Å². The van der Waals surface area contributed by atoms with Crippen LogP contribution in [-0.2, 0) is 4.79 Å². The van der Waals surface area contributed by atoms with E-state index < -0.39 is 0 Å². The van der Waals surface area contributed by atoms with Gasteiger partial charge in [-0.1, -0.05) is 26.7 Å². The number of hydrogen-bond donors (Lipinski definition) is 1. The lowest BCUT2D eigenvalue weighted by Crippen LogP contribution is -2.37. The van der Waals surface area contributed by atoms with Crippen molar-refractivity contribution in [2.45, 2.75) is 58.0 Å². The van der Waals surface area contributed by atoms with Crippen LogP contribution in [0.1, 0.15) is 46.0 Å². The second-order valence-electron chi connectivity index (χ2n) is 4.80. The number of hydrogen-bond acceptors (Lipinski definition) is 2. The zero-order valence-electron chi connectivity index (χ0n) is 10.3. The Morgan fingerprint density at radius 3 is 2.53 bits per heavy atom. The fraction of sp³-hybridized carbons (Fsp3) is 0.917. The molecule has 1 aliphatic carbocycles. The molecule has 1 saturated carbocycles. The molecule has 15 heavy (non-hydrogen) atoms. The first kappa shape index (κ1) is 12.5. The molecular weight excluding hydrogens is 188 g/mol. The lowest BCUT2D eigenvalue weighted by molar-refractivity contribution is -0.131. The molecular formula is C12H24N2O. The van der Waals surface area contributed by atoms with Gasteiger partial charge in [0.25, 0.3) is 0 Å². The minimum Gasteiger partial charge on any atom is -0.343 e. The summed E-state index contributed by atoms with van der Waals surface area (Å²) in [6, 6.07) is 0.978. The van der Waals surface area contributed by atoms with E-state index >= 15 is 0 Å². The highest BCUT2D eigenvalue weighted by atomic mass is 16.2. The first-order chi connectivity index (χ1) is 7.11. The number of amides is 1. The van der Waals surface area contributed by atoms with E-state index in [1.807, 2.05) is 11.9 Å². The highest BCUT2D eigenvalue weighted by Crippen LogP contribution is 2.22. The summed E-state index contributed by atoms with van der Waals surface area (Å²) in [6.45, 7) is 5.00. The lowest BCUT2D eigenvalue weighted by atomic mass is 10.2. The second kappa shape index (κ2) is 6.11. The molecule has 1 amide bonds. The van der Waals surface area contributed by atoms with Gasteiger partial charge in [0.2, 0.25) is 5.91 Å². The minimum absolute atomic E-state index is 0.287. The van der Waals surface area contributed by atoms with Gasteiger partial charge in [0.15, 0.2) is 0 Å². The molecule has 1 N–H and O–H groups in total.